The number of hydrogen-bond donors (Lipinski definition) is 0. The Kier molecular flexibility index (Phi) is 4.94. The first-order chi connectivity index (χ1) is 11.8. The second kappa shape index (κ2) is 7.49. The fourth-order valence-electron chi connectivity index (χ4n) is 2.10. The molecule has 0 amide bonds. The van der Waals surface area contributed by atoms with E-state index in [2.05, 4.69) is 31.9 Å². The fourth-order valence-corrected chi connectivity index (χ4v) is 2.10. The minimum absolute atomic E-state index is 0.190. The molecule has 0 aliphatic rings. The maximum Gasteiger partial charge on any atom is 0.256 e. The summed E-state index contributed by atoms with van der Waals surface area (Å²) in [5.74, 6) is 7.00. The lowest BCUT2D eigenvalue weighted by atomic mass is 10.2. The summed E-state index contributed by atoms with van der Waals surface area (Å²) >= 11 is 0. The van der Waals surface area contributed by atoms with Crippen molar-refractivity contribution in [3.63, 3.8) is 0 Å². The summed E-state index contributed by atoms with van der Waals surface area (Å²) in [5, 5.41) is 3.98. The van der Waals surface area contributed by atoms with E-state index < -0.39 is 0 Å². The van der Waals surface area contributed by atoms with E-state index in [-0.39, 0.29) is 6.10 Å². The molecular weight excluding hydrogens is 304 g/mol. The molecule has 0 saturated heterocycles. The van der Waals surface area contributed by atoms with Gasteiger partial charge in [-0.05, 0) is 36.6 Å². The normalized spacial score (nSPS) is 11.6. The molecule has 0 radical (unpaired) electrons. The molecular formula is C18H16N4O2. The Hall–Kier alpha value is -3.04. The predicted octanol–water partition coefficient (Wildman–Crippen LogP) is 3.02. The van der Waals surface area contributed by atoms with E-state index in [9.17, 15) is 0 Å². The number of aromatic nitrogens is 4. The Bertz CT molecular complexity index is 844. The van der Waals surface area contributed by atoms with Gasteiger partial charge in [0, 0.05) is 36.8 Å². The van der Waals surface area contributed by atoms with Crippen LogP contribution in [0.2, 0.25) is 0 Å². The molecule has 0 spiro atoms. The van der Waals surface area contributed by atoms with Gasteiger partial charge in [-0.3, -0.25) is 4.98 Å². The van der Waals surface area contributed by atoms with Gasteiger partial charge in [0.15, 0.2) is 0 Å². The monoisotopic (exact) mass is 320 g/mol. The lowest BCUT2D eigenvalue weighted by Gasteiger charge is -2.05. The zero-order valence-electron chi connectivity index (χ0n) is 13.4. The standard InChI is InChI=1S/C18H16N4O2/c1-3-16(23-2)18-21-17(22-24-18)14-5-7-15(20-12-14)6-4-13-8-10-19-11-9-13/h5,7-12,16H,3H2,1-2H3. The molecule has 3 aromatic rings. The van der Waals surface area contributed by atoms with E-state index in [4.69, 9.17) is 9.26 Å². The molecule has 0 aliphatic carbocycles. The van der Waals surface area contributed by atoms with Gasteiger partial charge in [0.05, 0.1) is 0 Å². The van der Waals surface area contributed by atoms with Crippen LogP contribution in [0.15, 0.2) is 47.4 Å². The van der Waals surface area contributed by atoms with E-state index >= 15 is 0 Å². The van der Waals surface area contributed by atoms with Gasteiger partial charge in [-0.2, -0.15) is 4.98 Å². The summed E-state index contributed by atoms with van der Waals surface area (Å²) in [7, 11) is 1.62. The first-order valence-corrected chi connectivity index (χ1v) is 7.55. The van der Waals surface area contributed by atoms with Gasteiger partial charge < -0.3 is 9.26 Å². The van der Waals surface area contributed by atoms with Crippen molar-refractivity contribution in [3.8, 4) is 23.2 Å². The smallest absolute Gasteiger partial charge is 0.256 e. The van der Waals surface area contributed by atoms with Crippen LogP contribution in [0.3, 0.4) is 0 Å². The molecule has 0 aliphatic heterocycles. The SMILES string of the molecule is CCC(OC)c1nc(-c2ccc(C#Cc3ccncc3)nc2)no1. The van der Waals surface area contributed by atoms with Crippen molar-refractivity contribution in [2.75, 3.05) is 7.11 Å². The molecule has 24 heavy (non-hydrogen) atoms. The van der Waals surface area contributed by atoms with Gasteiger partial charge in [0.1, 0.15) is 11.8 Å². The molecule has 0 saturated carbocycles. The Balaban J connectivity index is 1.77. The van der Waals surface area contributed by atoms with Gasteiger partial charge >= 0.3 is 0 Å². The minimum atomic E-state index is -0.190. The number of pyridine rings is 2. The third-order valence-electron chi connectivity index (χ3n) is 3.41. The van der Waals surface area contributed by atoms with Gasteiger partial charge in [-0.1, -0.05) is 18.0 Å². The third-order valence-corrected chi connectivity index (χ3v) is 3.41. The molecule has 6 nitrogen and oxygen atoms in total. The molecule has 3 heterocycles. The van der Waals surface area contributed by atoms with Crippen molar-refractivity contribution in [2.24, 2.45) is 0 Å². The number of methoxy groups -OCH3 is 1. The maximum atomic E-state index is 5.29. The second-order valence-electron chi connectivity index (χ2n) is 5.01. The summed E-state index contributed by atoms with van der Waals surface area (Å²) in [6.45, 7) is 2.00. The molecule has 3 aromatic heterocycles. The maximum absolute atomic E-state index is 5.29. The van der Waals surface area contributed by atoms with Crippen molar-refractivity contribution in [1.29, 1.82) is 0 Å². The van der Waals surface area contributed by atoms with Crippen LogP contribution in [0.5, 0.6) is 0 Å². The Labute approximate surface area is 139 Å². The average Bonchev–Trinajstić information content (AvgIpc) is 3.12. The molecule has 0 fully saturated rings. The highest BCUT2D eigenvalue weighted by Gasteiger charge is 2.17. The summed E-state index contributed by atoms with van der Waals surface area (Å²) in [6, 6.07) is 7.39. The zero-order chi connectivity index (χ0) is 16.8. The molecule has 0 N–H and O–H groups in total. The third kappa shape index (κ3) is 3.65. The number of ether oxygens (including phenoxy) is 1. The van der Waals surface area contributed by atoms with Crippen molar-refractivity contribution >= 4 is 0 Å². The lowest BCUT2D eigenvalue weighted by Crippen LogP contribution is -1.99. The van der Waals surface area contributed by atoms with Crippen LogP contribution in [-0.2, 0) is 4.74 Å². The molecule has 6 heteroatoms. The molecule has 1 unspecified atom stereocenters. The van der Waals surface area contributed by atoms with Gasteiger partial charge in [0.25, 0.3) is 5.89 Å². The van der Waals surface area contributed by atoms with E-state index in [1.807, 2.05) is 31.2 Å². The quantitative estimate of drug-likeness (QED) is 0.688. The first kappa shape index (κ1) is 15.8. The van der Waals surface area contributed by atoms with E-state index in [0.717, 1.165) is 17.5 Å². The van der Waals surface area contributed by atoms with Crippen molar-refractivity contribution in [1.82, 2.24) is 20.1 Å². The Morgan fingerprint density at radius 2 is 2.00 bits per heavy atom. The second-order valence-corrected chi connectivity index (χ2v) is 5.01. The molecule has 0 bridgehead atoms. The zero-order valence-corrected chi connectivity index (χ0v) is 13.4. The number of nitrogens with zero attached hydrogens (tertiary/aromatic N) is 4. The summed E-state index contributed by atoms with van der Waals surface area (Å²) in [5.41, 5.74) is 2.33. The van der Waals surface area contributed by atoms with Crippen molar-refractivity contribution in [2.45, 2.75) is 19.4 Å². The molecule has 3 rings (SSSR count). The van der Waals surface area contributed by atoms with Crippen molar-refractivity contribution in [3.05, 3.63) is 60.0 Å². The summed E-state index contributed by atoms with van der Waals surface area (Å²) < 4.78 is 10.5. The van der Waals surface area contributed by atoms with Crippen LogP contribution in [0.25, 0.3) is 11.4 Å². The van der Waals surface area contributed by atoms with E-state index in [1.165, 1.54) is 0 Å². The fraction of sp³-hybridized carbons (Fsp3) is 0.222. The van der Waals surface area contributed by atoms with Crippen molar-refractivity contribution < 1.29 is 9.26 Å². The predicted molar refractivity (Wildman–Crippen MR) is 87.8 cm³/mol. The topological polar surface area (TPSA) is 73.9 Å². The van der Waals surface area contributed by atoms with E-state index in [1.54, 1.807) is 25.7 Å². The largest absolute Gasteiger partial charge is 0.372 e. The van der Waals surface area contributed by atoms with Gasteiger partial charge in [-0.15, -0.1) is 0 Å². The van der Waals surface area contributed by atoms with Gasteiger partial charge in [0.2, 0.25) is 5.82 Å². The molecule has 0 aromatic carbocycles. The van der Waals surface area contributed by atoms with Crippen LogP contribution in [-0.4, -0.2) is 27.2 Å². The minimum Gasteiger partial charge on any atom is -0.372 e. The summed E-state index contributed by atoms with van der Waals surface area (Å²) in [4.78, 5) is 12.6. The summed E-state index contributed by atoms with van der Waals surface area (Å²) in [6.07, 6.45) is 5.67. The highest BCUT2D eigenvalue weighted by Crippen LogP contribution is 2.21. The first-order valence-electron chi connectivity index (χ1n) is 7.55. The molecule has 120 valence electrons. The van der Waals surface area contributed by atoms with Gasteiger partial charge in [-0.25, -0.2) is 4.98 Å². The average molecular weight is 320 g/mol. The Morgan fingerprint density at radius 3 is 2.67 bits per heavy atom. The van der Waals surface area contributed by atoms with Crippen LogP contribution in [0.1, 0.15) is 36.6 Å². The highest BCUT2D eigenvalue weighted by molar-refractivity contribution is 5.53. The number of rotatable bonds is 4. The Morgan fingerprint density at radius 1 is 1.17 bits per heavy atom. The van der Waals surface area contributed by atoms with Crippen LogP contribution < -0.4 is 0 Å². The lowest BCUT2D eigenvalue weighted by molar-refractivity contribution is 0.0706. The number of hydrogen-bond acceptors (Lipinski definition) is 6. The van der Waals surface area contributed by atoms with Crippen LogP contribution >= 0.6 is 0 Å². The highest BCUT2D eigenvalue weighted by atomic mass is 16.5. The van der Waals surface area contributed by atoms with E-state index in [0.29, 0.717) is 17.4 Å². The van der Waals surface area contributed by atoms with Crippen LogP contribution in [0.4, 0.5) is 0 Å². The molecule has 1 atom stereocenters. The van der Waals surface area contributed by atoms with Crippen LogP contribution in [0, 0.1) is 11.8 Å².